The maximum Gasteiger partial charge on any atom is 0.205 e. The van der Waals surface area contributed by atoms with Crippen LogP contribution in [0, 0.1) is 0 Å². The van der Waals surface area contributed by atoms with E-state index in [1.165, 1.54) is 0 Å². The van der Waals surface area contributed by atoms with E-state index in [2.05, 4.69) is 25.6 Å². The van der Waals surface area contributed by atoms with Crippen molar-refractivity contribution in [2.45, 2.75) is 18.9 Å². The SMILES string of the molecule is CNC(=S)N1CCC(n2nnc(-c3ccc(OC)c(OC)c3)n2)CC1. The molecule has 8 nitrogen and oxygen atoms in total. The summed E-state index contributed by atoms with van der Waals surface area (Å²) in [6.45, 7) is 1.77. The van der Waals surface area contributed by atoms with Crippen LogP contribution in [-0.4, -0.2) is 64.6 Å². The van der Waals surface area contributed by atoms with E-state index in [1.807, 2.05) is 25.2 Å². The van der Waals surface area contributed by atoms with Crippen LogP contribution in [0.4, 0.5) is 0 Å². The number of methoxy groups -OCH3 is 2. The first-order valence-electron chi connectivity index (χ1n) is 8.14. The minimum atomic E-state index is 0.234. The van der Waals surface area contributed by atoms with Gasteiger partial charge in [-0.15, -0.1) is 10.2 Å². The Hall–Kier alpha value is -2.42. The van der Waals surface area contributed by atoms with E-state index in [0.29, 0.717) is 17.3 Å². The van der Waals surface area contributed by atoms with Gasteiger partial charge in [0, 0.05) is 25.7 Å². The first kappa shape index (κ1) is 17.4. The normalized spacial score (nSPS) is 15.1. The van der Waals surface area contributed by atoms with E-state index in [4.69, 9.17) is 21.7 Å². The highest BCUT2D eigenvalue weighted by atomic mass is 32.1. The summed E-state index contributed by atoms with van der Waals surface area (Å²) in [4.78, 5) is 3.88. The Kier molecular flexibility index (Phi) is 5.32. The topological polar surface area (TPSA) is 77.3 Å². The van der Waals surface area contributed by atoms with Gasteiger partial charge in [0.1, 0.15) is 0 Å². The number of nitrogens with one attached hydrogen (secondary N) is 1. The quantitative estimate of drug-likeness (QED) is 0.820. The Balaban J connectivity index is 1.72. The van der Waals surface area contributed by atoms with Gasteiger partial charge in [0.2, 0.25) is 5.82 Å². The molecule has 1 aromatic carbocycles. The van der Waals surface area contributed by atoms with Crippen LogP contribution in [0.15, 0.2) is 18.2 Å². The van der Waals surface area contributed by atoms with Crippen molar-refractivity contribution in [3.8, 4) is 22.9 Å². The Bertz CT molecular complexity index is 742. The molecule has 0 saturated carbocycles. The number of thiocarbonyl (C=S) groups is 1. The fourth-order valence-electron chi connectivity index (χ4n) is 2.93. The van der Waals surface area contributed by atoms with Gasteiger partial charge in [-0.3, -0.25) is 0 Å². The number of aromatic nitrogens is 4. The third kappa shape index (κ3) is 3.65. The number of nitrogens with zero attached hydrogens (tertiary/aromatic N) is 5. The summed E-state index contributed by atoms with van der Waals surface area (Å²) in [6.07, 6.45) is 1.87. The highest BCUT2D eigenvalue weighted by Crippen LogP contribution is 2.31. The first-order valence-corrected chi connectivity index (χ1v) is 8.55. The van der Waals surface area contributed by atoms with Crippen LogP contribution in [0.25, 0.3) is 11.4 Å². The molecule has 1 N–H and O–H groups in total. The summed E-state index contributed by atoms with van der Waals surface area (Å²) in [7, 11) is 5.07. The standard InChI is InChI=1S/C16H22N6O2S/c1-17-16(25)21-8-6-12(7-9-21)22-19-15(18-20-22)11-4-5-13(23-2)14(10-11)24-3/h4-5,10,12H,6-9H2,1-3H3,(H,17,25). The Morgan fingerprint density at radius 2 is 1.92 bits per heavy atom. The predicted octanol–water partition coefficient (Wildman–Crippen LogP) is 1.50. The molecule has 0 amide bonds. The third-order valence-electron chi connectivity index (χ3n) is 4.36. The molecule has 1 saturated heterocycles. The smallest absolute Gasteiger partial charge is 0.205 e. The largest absolute Gasteiger partial charge is 0.493 e. The lowest BCUT2D eigenvalue weighted by atomic mass is 10.1. The third-order valence-corrected chi connectivity index (χ3v) is 4.82. The minimum absolute atomic E-state index is 0.234. The lowest BCUT2D eigenvalue weighted by Gasteiger charge is -2.32. The molecule has 3 rings (SSSR count). The van der Waals surface area contributed by atoms with Gasteiger partial charge in [0.05, 0.1) is 20.3 Å². The Morgan fingerprint density at radius 3 is 2.56 bits per heavy atom. The van der Waals surface area contributed by atoms with E-state index in [1.54, 1.807) is 19.0 Å². The number of ether oxygens (including phenoxy) is 2. The van der Waals surface area contributed by atoms with E-state index >= 15 is 0 Å². The van der Waals surface area contributed by atoms with Gasteiger partial charge in [0.25, 0.3) is 0 Å². The molecule has 0 aliphatic carbocycles. The number of tetrazole rings is 1. The average molecular weight is 362 g/mol. The van der Waals surface area contributed by atoms with Gasteiger partial charge in [-0.25, -0.2) is 0 Å². The van der Waals surface area contributed by atoms with Crippen molar-refractivity contribution >= 4 is 17.3 Å². The van der Waals surface area contributed by atoms with Crippen LogP contribution >= 0.6 is 12.2 Å². The van der Waals surface area contributed by atoms with E-state index in [9.17, 15) is 0 Å². The molecule has 9 heteroatoms. The molecule has 0 atom stereocenters. The van der Waals surface area contributed by atoms with Crippen LogP contribution in [0.5, 0.6) is 11.5 Å². The molecule has 25 heavy (non-hydrogen) atoms. The number of benzene rings is 1. The van der Waals surface area contributed by atoms with Gasteiger partial charge in [0.15, 0.2) is 16.6 Å². The number of rotatable bonds is 4. The van der Waals surface area contributed by atoms with Crippen molar-refractivity contribution in [2.24, 2.45) is 0 Å². The first-order chi connectivity index (χ1) is 12.2. The molecule has 1 fully saturated rings. The monoisotopic (exact) mass is 362 g/mol. The molecule has 1 aromatic heterocycles. The van der Waals surface area contributed by atoms with Crippen molar-refractivity contribution in [1.29, 1.82) is 0 Å². The molecular weight excluding hydrogens is 340 g/mol. The molecule has 0 spiro atoms. The van der Waals surface area contributed by atoms with Crippen LogP contribution in [0.1, 0.15) is 18.9 Å². The van der Waals surface area contributed by atoms with Crippen LogP contribution in [-0.2, 0) is 0 Å². The second kappa shape index (κ2) is 7.64. The summed E-state index contributed by atoms with van der Waals surface area (Å²) < 4.78 is 10.6. The van der Waals surface area contributed by atoms with Crippen molar-refractivity contribution in [2.75, 3.05) is 34.4 Å². The zero-order chi connectivity index (χ0) is 17.8. The molecule has 2 aromatic rings. The van der Waals surface area contributed by atoms with E-state index < -0.39 is 0 Å². The van der Waals surface area contributed by atoms with Crippen molar-refractivity contribution in [3.63, 3.8) is 0 Å². The molecule has 1 aliphatic rings. The maximum absolute atomic E-state index is 5.33. The second-order valence-electron chi connectivity index (χ2n) is 5.78. The van der Waals surface area contributed by atoms with Gasteiger partial charge in [-0.05, 0) is 48.5 Å². The minimum Gasteiger partial charge on any atom is -0.493 e. The molecule has 2 heterocycles. The number of likely N-dealkylation sites (tertiary alicyclic amines) is 1. The zero-order valence-electron chi connectivity index (χ0n) is 14.6. The summed E-state index contributed by atoms with van der Waals surface area (Å²) >= 11 is 5.28. The second-order valence-corrected chi connectivity index (χ2v) is 6.16. The highest BCUT2D eigenvalue weighted by molar-refractivity contribution is 7.80. The van der Waals surface area contributed by atoms with Gasteiger partial charge in [-0.1, -0.05) is 0 Å². The molecule has 0 bridgehead atoms. The Labute approximate surface area is 152 Å². The van der Waals surface area contributed by atoms with Crippen molar-refractivity contribution in [1.82, 2.24) is 30.4 Å². The van der Waals surface area contributed by atoms with Gasteiger partial charge >= 0.3 is 0 Å². The summed E-state index contributed by atoms with van der Waals surface area (Å²) in [5, 5.41) is 16.8. The molecule has 134 valence electrons. The molecule has 1 aliphatic heterocycles. The summed E-state index contributed by atoms with van der Waals surface area (Å²) in [5.41, 5.74) is 0.845. The van der Waals surface area contributed by atoms with E-state index in [0.717, 1.165) is 36.6 Å². The zero-order valence-corrected chi connectivity index (χ0v) is 15.4. The summed E-state index contributed by atoms with van der Waals surface area (Å²) in [5.74, 6) is 1.89. The van der Waals surface area contributed by atoms with Gasteiger partial charge in [-0.2, -0.15) is 4.80 Å². The summed E-state index contributed by atoms with van der Waals surface area (Å²) in [6, 6.07) is 5.83. The highest BCUT2D eigenvalue weighted by Gasteiger charge is 2.24. The number of piperidine rings is 1. The van der Waals surface area contributed by atoms with Crippen LogP contribution < -0.4 is 14.8 Å². The van der Waals surface area contributed by atoms with Crippen LogP contribution in [0.2, 0.25) is 0 Å². The van der Waals surface area contributed by atoms with E-state index in [-0.39, 0.29) is 6.04 Å². The lowest BCUT2D eigenvalue weighted by Crippen LogP contribution is -2.43. The fraction of sp³-hybridized carbons (Fsp3) is 0.500. The lowest BCUT2D eigenvalue weighted by molar-refractivity contribution is 0.235. The average Bonchev–Trinajstić information content (AvgIpc) is 3.17. The van der Waals surface area contributed by atoms with Crippen molar-refractivity contribution < 1.29 is 9.47 Å². The fourth-order valence-corrected chi connectivity index (χ4v) is 3.11. The van der Waals surface area contributed by atoms with Crippen LogP contribution in [0.3, 0.4) is 0 Å². The molecule has 0 unspecified atom stereocenters. The maximum atomic E-state index is 5.33. The number of hydrogen-bond acceptors (Lipinski definition) is 6. The Morgan fingerprint density at radius 1 is 1.20 bits per heavy atom. The molecule has 0 radical (unpaired) electrons. The van der Waals surface area contributed by atoms with Gasteiger partial charge < -0.3 is 19.7 Å². The predicted molar refractivity (Wildman–Crippen MR) is 97.9 cm³/mol. The molecular formula is C16H22N6O2S. The van der Waals surface area contributed by atoms with Crippen molar-refractivity contribution in [3.05, 3.63) is 18.2 Å². The number of hydrogen-bond donors (Lipinski definition) is 1.